The lowest BCUT2D eigenvalue weighted by atomic mass is 9.95. The molecule has 4 aromatic rings. The number of halogens is 3. The molecule has 2 bridgehead atoms. The number of nitrogens with one attached hydrogen (secondary N) is 1. The molecule has 0 saturated carbocycles. The van der Waals surface area contributed by atoms with Crippen LogP contribution >= 0.6 is 0 Å². The van der Waals surface area contributed by atoms with Crippen LogP contribution in [0.1, 0.15) is 34.8 Å². The van der Waals surface area contributed by atoms with E-state index in [4.69, 9.17) is 12.5 Å². The minimum Gasteiger partial charge on any atom is -0.508 e. The molecule has 2 aromatic heterocycles. The summed E-state index contributed by atoms with van der Waals surface area (Å²) in [6.07, 6.45) is 3.04. The highest BCUT2D eigenvalue weighted by atomic mass is 19.2. The van der Waals surface area contributed by atoms with E-state index in [1.165, 1.54) is 29.3 Å². The maximum Gasteiger partial charge on any atom is 0.319 e. The third-order valence-corrected chi connectivity index (χ3v) is 9.38. The molecule has 4 aliphatic heterocycles. The van der Waals surface area contributed by atoms with Crippen LogP contribution in [0, 0.1) is 11.6 Å². The number of piperazine rings is 1. The number of phenolic OH excluding ortho intramolecular Hbond substituents is 1. The predicted octanol–water partition coefficient (Wildman–Crippen LogP) is 3.81. The Hall–Kier alpha value is -3.90. The second-order valence-electron chi connectivity index (χ2n) is 12.1. The van der Waals surface area contributed by atoms with Crippen molar-refractivity contribution >= 4 is 27.5 Å². The third-order valence-electron chi connectivity index (χ3n) is 9.38. The van der Waals surface area contributed by atoms with E-state index < -0.39 is 35.4 Å². The summed E-state index contributed by atoms with van der Waals surface area (Å²) < 4.78 is 68.0. The fourth-order valence-corrected chi connectivity index (χ4v) is 7.38. The van der Waals surface area contributed by atoms with Gasteiger partial charge in [-0.2, -0.15) is 9.97 Å². The van der Waals surface area contributed by atoms with Crippen LogP contribution in [-0.4, -0.2) is 81.1 Å². The van der Waals surface area contributed by atoms with Gasteiger partial charge in [0.1, 0.15) is 29.9 Å². The van der Waals surface area contributed by atoms with Crippen LogP contribution < -0.4 is 20.5 Å². The van der Waals surface area contributed by atoms with Crippen molar-refractivity contribution in [3.05, 3.63) is 58.5 Å². The molecule has 0 amide bonds. The molecule has 6 heterocycles. The molecule has 0 radical (unpaired) electrons. The van der Waals surface area contributed by atoms with Gasteiger partial charge in [-0.3, -0.25) is 14.3 Å². The lowest BCUT2D eigenvalue weighted by Crippen LogP contribution is -2.51. The van der Waals surface area contributed by atoms with Gasteiger partial charge in [-0.25, -0.2) is 13.2 Å². The Bertz CT molecular complexity index is 1920. The number of hydrogen-bond donors (Lipinski definition) is 2. The predicted molar refractivity (Wildman–Crippen MR) is 155 cm³/mol. The Morgan fingerprint density at radius 1 is 1.14 bits per heavy atom. The van der Waals surface area contributed by atoms with Crippen molar-refractivity contribution in [3.8, 4) is 17.4 Å². The van der Waals surface area contributed by atoms with Crippen LogP contribution in [-0.2, 0) is 0 Å². The number of nitrogens with zero attached hydrogens (tertiary/aromatic N) is 5. The van der Waals surface area contributed by atoms with Gasteiger partial charge in [-0.15, -0.1) is 0 Å². The van der Waals surface area contributed by atoms with Crippen molar-refractivity contribution in [3.63, 3.8) is 0 Å². The van der Waals surface area contributed by atoms with Crippen molar-refractivity contribution in [1.82, 2.24) is 24.8 Å². The summed E-state index contributed by atoms with van der Waals surface area (Å²) in [5.74, 6) is -1.99. The van der Waals surface area contributed by atoms with Gasteiger partial charge in [0.05, 0.1) is 16.6 Å². The average Bonchev–Trinajstić information content (AvgIpc) is 3.62. The van der Waals surface area contributed by atoms with E-state index in [1.54, 1.807) is 6.07 Å². The Morgan fingerprint density at radius 2 is 1.95 bits per heavy atom. The molecule has 4 aliphatic rings. The Kier molecular flexibility index (Phi) is 5.60. The largest absolute Gasteiger partial charge is 0.508 e. The number of rotatable bonds is 5. The summed E-state index contributed by atoms with van der Waals surface area (Å²) in [6, 6.07) is 6.81. The number of benzene rings is 2. The first-order chi connectivity index (χ1) is 21.5. The van der Waals surface area contributed by atoms with Crippen molar-refractivity contribution in [2.45, 2.75) is 55.9 Å². The molecule has 0 unspecified atom stereocenters. The highest BCUT2D eigenvalue weighted by Crippen LogP contribution is 2.40. The number of fused-ring (bicyclic) bond motifs is 5. The van der Waals surface area contributed by atoms with E-state index in [2.05, 4.69) is 15.2 Å². The first-order valence-corrected chi connectivity index (χ1v) is 14.6. The number of pyridine rings is 1. The van der Waals surface area contributed by atoms with Crippen LogP contribution in [0.2, 0.25) is 0 Å². The number of aromatic nitrogens is 3. The van der Waals surface area contributed by atoms with Crippen molar-refractivity contribution < 1.29 is 25.8 Å². The molecule has 224 valence electrons. The monoisotopic (exact) mass is 594 g/mol. The van der Waals surface area contributed by atoms with Crippen molar-refractivity contribution in [1.29, 1.82) is 0 Å². The minimum absolute atomic E-state index is 0.0243. The van der Waals surface area contributed by atoms with Gasteiger partial charge in [-0.1, -0.05) is 6.07 Å². The summed E-state index contributed by atoms with van der Waals surface area (Å²) in [5.41, 5.74) is -1.60. The zero-order valence-corrected chi connectivity index (χ0v) is 23.2. The fourth-order valence-electron chi connectivity index (χ4n) is 7.38. The number of phenols is 1. The molecule has 2 aromatic carbocycles. The number of aromatic hydroxyl groups is 1. The Balaban J connectivity index is 1.26. The molecular formula is C31H31F3N6O3. The molecule has 2 N–H and O–H groups in total. The van der Waals surface area contributed by atoms with Gasteiger partial charge in [0, 0.05) is 58.5 Å². The highest BCUT2D eigenvalue weighted by Gasteiger charge is 2.49. The molecule has 0 aliphatic carbocycles. The van der Waals surface area contributed by atoms with Gasteiger partial charge in [0.15, 0.2) is 11.6 Å². The molecule has 9 nitrogen and oxygen atoms in total. The highest BCUT2D eigenvalue weighted by molar-refractivity contribution is 5.94. The summed E-state index contributed by atoms with van der Waals surface area (Å²) in [7, 11) is 0. The van der Waals surface area contributed by atoms with Crippen LogP contribution in [0.5, 0.6) is 11.8 Å². The quantitative estimate of drug-likeness (QED) is 0.360. The molecule has 0 spiro atoms. The van der Waals surface area contributed by atoms with Gasteiger partial charge >= 0.3 is 6.01 Å². The number of hydrogen-bond acceptors (Lipinski definition) is 8. The second kappa shape index (κ2) is 9.81. The first-order valence-electron chi connectivity index (χ1n) is 15.6. The summed E-state index contributed by atoms with van der Waals surface area (Å²) in [4.78, 5) is 27.0. The Morgan fingerprint density at radius 3 is 2.77 bits per heavy atom. The standard InChI is InChI=1S/C31H31F3N6O3/c32-18-12-31(7-1-8-39(31)13-18)16-43-30-36-27-22(28(37-30)38-14-19-3-4-20(15-38)35-19)6-9-40(29(27)42)24-11-21(41)10-17-2-5-23(33)26(34)25(17)24/h2,5-6,9-11,18-20,35,41H,1,3-4,7-8,12-16H2/t18-,19-,20+,31+/m1/s1/i8D2. The van der Waals surface area contributed by atoms with E-state index >= 15 is 4.39 Å². The van der Waals surface area contributed by atoms with Gasteiger partial charge < -0.3 is 20.1 Å². The van der Waals surface area contributed by atoms with Crippen LogP contribution in [0.3, 0.4) is 0 Å². The number of alkyl halides is 1. The van der Waals surface area contributed by atoms with Gasteiger partial charge in [-0.05, 0) is 55.8 Å². The lowest BCUT2D eigenvalue weighted by molar-refractivity contribution is 0.107. The third kappa shape index (κ3) is 4.33. The smallest absolute Gasteiger partial charge is 0.319 e. The van der Waals surface area contributed by atoms with E-state index in [0.29, 0.717) is 30.7 Å². The van der Waals surface area contributed by atoms with E-state index in [1.807, 2.05) is 0 Å². The molecule has 4 atom stereocenters. The molecular weight excluding hydrogens is 561 g/mol. The SMILES string of the molecule is [2H]C1([2H])CC[C@@]2(COc3nc(N4C[C@H]5CC[C@@H](C4)N5)c4ccn(-c5cc(O)cc6ccc(F)c(F)c56)c(=O)c4n3)C[C@@H](F)CN12. The van der Waals surface area contributed by atoms with E-state index in [-0.39, 0.29) is 71.8 Å². The normalized spacial score (nSPS) is 28.8. The minimum atomic E-state index is -1.66. The zero-order valence-electron chi connectivity index (χ0n) is 25.2. The molecule has 8 rings (SSSR count). The maximum absolute atomic E-state index is 15.1. The van der Waals surface area contributed by atoms with Gasteiger partial charge in [0.25, 0.3) is 5.56 Å². The van der Waals surface area contributed by atoms with Crippen molar-refractivity contribution in [2.24, 2.45) is 0 Å². The molecule has 4 fully saturated rings. The zero-order chi connectivity index (χ0) is 31.2. The van der Waals surface area contributed by atoms with Crippen LogP contribution in [0.15, 0.2) is 41.3 Å². The van der Waals surface area contributed by atoms with E-state index in [0.717, 1.165) is 23.5 Å². The lowest BCUT2D eigenvalue weighted by Gasteiger charge is -2.34. The van der Waals surface area contributed by atoms with Crippen LogP contribution in [0.25, 0.3) is 27.4 Å². The summed E-state index contributed by atoms with van der Waals surface area (Å²) in [6.45, 7) is -0.453. The Labute approximate surface area is 247 Å². The topological polar surface area (TPSA) is 95.8 Å². The maximum atomic E-state index is 15.1. The van der Waals surface area contributed by atoms with Crippen LogP contribution in [0.4, 0.5) is 19.0 Å². The fraction of sp³-hybridized carbons (Fsp3) is 0.452. The second-order valence-corrected chi connectivity index (χ2v) is 12.1. The molecule has 12 heteroatoms. The van der Waals surface area contributed by atoms with Crippen molar-refractivity contribution in [2.75, 3.05) is 37.6 Å². The summed E-state index contributed by atoms with van der Waals surface area (Å²) in [5, 5.41) is 14.5. The molecule has 43 heavy (non-hydrogen) atoms. The number of anilines is 1. The van der Waals surface area contributed by atoms with Gasteiger partial charge in [0.2, 0.25) is 0 Å². The number of ether oxygens (including phenoxy) is 1. The first kappa shape index (κ1) is 24.5. The molecule has 4 saturated heterocycles. The summed E-state index contributed by atoms with van der Waals surface area (Å²) >= 11 is 0. The average molecular weight is 595 g/mol. The van der Waals surface area contributed by atoms with E-state index in [9.17, 15) is 18.7 Å².